The number of benzene rings is 2. The maximum absolute atomic E-state index is 14.0. The third kappa shape index (κ3) is 4.96. The maximum atomic E-state index is 14.0. The van der Waals surface area contributed by atoms with Crippen molar-refractivity contribution in [1.29, 1.82) is 5.26 Å². The fourth-order valence-electron chi connectivity index (χ4n) is 4.67. The largest absolute Gasteiger partial charge is 0.433 e. The van der Waals surface area contributed by atoms with Gasteiger partial charge in [0.05, 0.1) is 22.2 Å². The molecule has 3 amide bonds. The van der Waals surface area contributed by atoms with E-state index in [1.807, 2.05) is 6.07 Å². The van der Waals surface area contributed by atoms with Gasteiger partial charge < -0.3 is 4.74 Å². The number of aromatic nitrogens is 1. The normalized spacial score (nSPS) is 16.9. The Kier molecular flexibility index (Phi) is 6.71. The molecule has 0 radical (unpaired) electrons. The van der Waals surface area contributed by atoms with Crippen molar-refractivity contribution in [2.75, 3.05) is 4.90 Å². The smallest absolute Gasteiger partial charge is 0.410 e. The van der Waals surface area contributed by atoms with E-state index in [2.05, 4.69) is 4.98 Å². The van der Waals surface area contributed by atoms with Crippen LogP contribution in [-0.2, 0) is 11.0 Å². The number of ether oxygens (including phenoxy) is 1. The number of Topliss-reactive ketones (excluding diaryl/α,β-unsaturated/α-hetero) is 1. The molecule has 5 rings (SSSR count). The topological polar surface area (TPSA) is 147 Å². The van der Waals surface area contributed by atoms with Gasteiger partial charge in [0, 0.05) is 36.0 Å². The quantitative estimate of drug-likeness (QED) is 0.291. The number of halogens is 3. The van der Waals surface area contributed by atoms with E-state index in [4.69, 9.17) is 4.74 Å². The third-order valence-electron chi connectivity index (χ3n) is 6.50. The minimum Gasteiger partial charge on any atom is -0.410 e. The maximum Gasteiger partial charge on any atom is 0.433 e. The van der Waals surface area contributed by atoms with Crippen molar-refractivity contribution >= 4 is 29.3 Å². The number of alkyl halides is 3. The van der Waals surface area contributed by atoms with E-state index in [0.717, 1.165) is 41.4 Å². The van der Waals surface area contributed by atoms with Gasteiger partial charge in [-0.3, -0.25) is 24.8 Å². The van der Waals surface area contributed by atoms with Crippen molar-refractivity contribution in [2.45, 2.75) is 25.1 Å². The molecule has 1 aromatic heterocycles. The highest BCUT2D eigenvalue weighted by molar-refractivity contribution is 6.12. The van der Waals surface area contributed by atoms with E-state index in [1.54, 1.807) is 0 Å². The number of urea groups is 1. The zero-order valence-corrected chi connectivity index (χ0v) is 20.7. The van der Waals surface area contributed by atoms with Crippen LogP contribution in [0.25, 0.3) is 0 Å². The van der Waals surface area contributed by atoms with Gasteiger partial charge in [-0.05, 0) is 48.4 Å². The average Bonchev–Trinajstić information content (AvgIpc) is 3.32. The van der Waals surface area contributed by atoms with Crippen molar-refractivity contribution in [2.24, 2.45) is 0 Å². The number of nitro benzene ring substituents is 1. The molecule has 0 saturated carbocycles. The number of anilines is 1. The van der Waals surface area contributed by atoms with E-state index in [-0.39, 0.29) is 52.4 Å². The van der Waals surface area contributed by atoms with Crippen molar-refractivity contribution in [3.05, 3.63) is 105 Å². The summed E-state index contributed by atoms with van der Waals surface area (Å²) in [6, 6.07) is 11.4. The highest BCUT2D eigenvalue weighted by Crippen LogP contribution is 2.45. The summed E-state index contributed by atoms with van der Waals surface area (Å²) in [7, 11) is 0. The molecule has 0 fully saturated rings. The highest BCUT2D eigenvalue weighted by atomic mass is 19.4. The monoisotopic (exact) mass is 563 g/mol. The van der Waals surface area contributed by atoms with Gasteiger partial charge in [0.1, 0.15) is 17.5 Å². The molecule has 0 spiro atoms. The van der Waals surface area contributed by atoms with Crippen LogP contribution in [0.2, 0.25) is 0 Å². The molecule has 11 nitrogen and oxygen atoms in total. The number of nitro groups is 1. The molecule has 14 heteroatoms. The van der Waals surface area contributed by atoms with Crippen molar-refractivity contribution in [1.82, 2.24) is 9.88 Å². The van der Waals surface area contributed by atoms with Gasteiger partial charge in [-0.2, -0.15) is 18.4 Å². The molecular formula is C27H16F3N5O6. The second-order valence-electron chi connectivity index (χ2n) is 8.92. The number of non-ortho nitro benzene ring substituents is 1. The average molecular weight is 563 g/mol. The van der Waals surface area contributed by atoms with Gasteiger partial charge in [0.25, 0.3) is 5.69 Å². The summed E-state index contributed by atoms with van der Waals surface area (Å²) < 4.78 is 45.7. The first-order valence-corrected chi connectivity index (χ1v) is 11.9. The summed E-state index contributed by atoms with van der Waals surface area (Å²) in [5.41, 5.74) is -1.19. The number of rotatable bonds is 4. The lowest BCUT2D eigenvalue weighted by molar-refractivity contribution is -0.384. The van der Waals surface area contributed by atoms with Crippen LogP contribution >= 0.6 is 0 Å². The lowest BCUT2D eigenvalue weighted by Gasteiger charge is -2.40. The Morgan fingerprint density at radius 3 is 2.37 bits per heavy atom. The predicted octanol–water partition coefficient (Wildman–Crippen LogP) is 5.68. The molecule has 1 unspecified atom stereocenters. The number of allylic oxidation sites excluding steroid dienone is 1. The Balaban J connectivity index is 1.65. The van der Waals surface area contributed by atoms with Gasteiger partial charge in [-0.15, -0.1) is 0 Å². The Labute approximate surface area is 228 Å². The zero-order chi connectivity index (χ0) is 29.5. The summed E-state index contributed by atoms with van der Waals surface area (Å²) >= 11 is 0. The molecule has 206 valence electrons. The number of carbonyl (C=O) groups is 3. The minimum absolute atomic E-state index is 0.000304. The number of imide groups is 1. The minimum atomic E-state index is -4.84. The molecule has 0 bridgehead atoms. The van der Waals surface area contributed by atoms with Crippen molar-refractivity contribution in [3.63, 3.8) is 0 Å². The SMILES string of the molecule is N#Cc1ccc(C2C3=C(CCC3=O)N(c3ccnc(C(F)(F)F)c3)C(=O)N2C(=O)Oc2ccc([N+](=O)[O-])cc2)cc1. The molecule has 2 aliphatic rings. The fourth-order valence-corrected chi connectivity index (χ4v) is 4.67. The van der Waals surface area contributed by atoms with Crippen molar-refractivity contribution in [3.8, 4) is 11.8 Å². The van der Waals surface area contributed by atoms with Crippen LogP contribution in [-0.4, -0.2) is 32.7 Å². The first-order chi connectivity index (χ1) is 19.5. The van der Waals surface area contributed by atoms with Crippen LogP contribution in [0, 0.1) is 21.4 Å². The molecule has 0 N–H and O–H groups in total. The molecular weight excluding hydrogens is 547 g/mol. The number of pyridine rings is 1. The Bertz CT molecular complexity index is 1660. The summed E-state index contributed by atoms with van der Waals surface area (Å²) in [4.78, 5) is 55.8. The number of hydrogen-bond acceptors (Lipinski definition) is 8. The number of hydrogen-bond donors (Lipinski definition) is 0. The van der Waals surface area contributed by atoms with E-state index >= 15 is 0 Å². The molecule has 2 aromatic carbocycles. The first-order valence-electron chi connectivity index (χ1n) is 11.9. The molecule has 2 heterocycles. The second-order valence-corrected chi connectivity index (χ2v) is 8.92. The lowest BCUT2D eigenvalue weighted by atomic mass is 9.92. The summed E-state index contributed by atoms with van der Waals surface area (Å²) in [6.45, 7) is 0. The standard InChI is InChI=1S/C27H16F3N5O6/c28-27(29,30)22-13-18(11-12-32-22)33-20-9-10-21(36)23(20)24(16-3-1-15(14-31)2-4-16)34(25(33)37)26(38)41-19-7-5-17(6-8-19)35(39)40/h1-8,11-13,24H,9-10H2. The molecule has 1 atom stereocenters. The van der Waals surface area contributed by atoms with E-state index < -0.39 is 40.7 Å². The summed E-state index contributed by atoms with van der Waals surface area (Å²) in [5, 5.41) is 20.2. The first kappa shape index (κ1) is 27.0. The zero-order valence-electron chi connectivity index (χ0n) is 20.7. The van der Waals surface area contributed by atoms with Gasteiger partial charge in [0.2, 0.25) is 0 Å². The fraction of sp³-hybridized carbons (Fsp3) is 0.148. The second kappa shape index (κ2) is 10.2. The van der Waals surface area contributed by atoms with Crippen LogP contribution in [0.4, 0.5) is 34.1 Å². The van der Waals surface area contributed by atoms with Gasteiger partial charge in [-0.25, -0.2) is 14.5 Å². The highest BCUT2D eigenvalue weighted by Gasteiger charge is 2.49. The van der Waals surface area contributed by atoms with Crippen LogP contribution in [0.1, 0.15) is 35.7 Å². The number of amides is 3. The Morgan fingerprint density at radius 2 is 1.76 bits per heavy atom. The number of nitriles is 1. The van der Waals surface area contributed by atoms with Gasteiger partial charge >= 0.3 is 18.3 Å². The number of nitrogens with zero attached hydrogens (tertiary/aromatic N) is 5. The molecule has 41 heavy (non-hydrogen) atoms. The van der Waals surface area contributed by atoms with E-state index in [1.165, 1.54) is 24.3 Å². The molecule has 0 saturated heterocycles. The number of carbonyl (C=O) groups excluding carboxylic acids is 3. The van der Waals surface area contributed by atoms with Crippen LogP contribution < -0.4 is 9.64 Å². The summed E-state index contributed by atoms with van der Waals surface area (Å²) in [6.07, 6.45) is -5.32. The number of ketones is 1. The van der Waals surface area contributed by atoms with Gasteiger partial charge in [-0.1, -0.05) is 12.1 Å². The van der Waals surface area contributed by atoms with E-state index in [0.29, 0.717) is 11.0 Å². The third-order valence-corrected chi connectivity index (χ3v) is 6.50. The predicted molar refractivity (Wildman–Crippen MR) is 133 cm³/mol. The lowest BCUT2D eigenvalue weighted by Crippen LogP contribution is -2.53. The van der Waals surface area contributed by atoms with Crippen molar-refractivity contribution < 1.29 is 37.2 Å². The van der Waals surface area contributed by atoms with E-state index in [9.17, 15) is 42.9 Å². The summed E-state index contributed by atoms with van der Waals surface area (Å²) in [5.74, 6) is -0.607. The van der Waals surface area contributed by atoms with Crippen LogP contribution in [0.3, 0.4) is 0 Å². The Morgan fingerprint density at radius 1 is 1.07 bits per heavy atom. The molecule has 1 aliphatic carbocycles. The molecule has 3 aromatic rings. The molecule has 1 aliphatic heterocycles. The van der Waals surface area contributed by atoms with Gasteiger partial charge in [0.15, 0.2) is 5.78 Å². The van der Waals surface area contributed by atoms with Crippen LogP contribution in [0.15, 0.2) is 78.1 Å². The Hall–Kier alpha value is -5.58. The van der Waals surface area contributed by atoms with Crippen LogP contribution in [0.5, 0.6) is 5.75 Å².